The van der Waals surface area contributed by atoms with Gasteiger partial charge in [0.05, 0.1) is 11.7 Å². The maximum absolute atomic E-state index is 7.00. The van der Waals surface area contributed by atoms with Crippen LogP contribution in [0.5, 0.6) is 0 Å². The summed E-state index contributed by atoms with van der Waals surface area (Å²) >= 11 is 0. The number of hydrogen-bond donors (Lipinski definition) is 1. The van der Waals surface area contributed by atoms with Gasteiger partial charge in [-0.25, -0.2) is 0 Å². The quantitative estimate of drug-likeness (QED) is 0.273. The Kier molecular flexibility index (Phi) is 9.15. The van der Waals surface area contributed by atoms with E-state index in [0.717, 1.165) is 17.8 Å². The molecule has 4 bridgehead atoms. The van der Waals surface area contributed by atoms with E-state index in [9.17, 15) is 0 Å². The predicted octanol–water partition coefficient (Wildman–Crippen LogP) is 8.02. The van der Waals surface area contributed by atoms with Crippen molar-refractivity contribution in [1.82, 2.24) is 0 Å². The molecule has 4 aliphatic rings. The number of hydrogen-bond acceptors (Lipinski definition) is 2. The molecule has 2 unspecified atom stereocenters. The summed E-state index contributed by atoms with van der Waals surface area (Å²) in [5.41, 5.74) is 6.74. The van der Waals surface area contributed by atoms with E-state index in [1.165, 1.54) is 109 Å². The van der Waals surface area contributed by atoms with Crippen LogP contribution in [0.15, 0.2) is 0 Å². The van der Waals surface area contributed by atoms with Gasteiger partial charge in [0, 0.05) is 11.5 Å². The third kappa shape index (κ3) is 6.96. The lowest BCUT2D eigenvalue weighted by Crippen LogP contribution is -2.55. The summed E-state index contributed by atoms with van der Waals surface area (Å²) in [6, 6.07) is 0. The average Bonchev–Trinajstić information content (AvgIpc) is 2.63. The Labute approximate surface area is 188 Å². The Morgan fingerprint density at radius 3 is 1.67 bits per heavy atom. The van der Waals surface area contributed by atoms with E-state index in [1.807, 2.05) is 0 Å². The van der Waals surface area contributed by atoms with Gasteiger partial charge in [0.15, 0.2) is 0 Å². The standard InChI is InChI=1S/C28H53NO/c1-5-6-7-8-9-10-11-12-13-14-15-26(27(3,4)29)22(2)30-28-19-23-16-24(20-28)18-25(17-23)21-28/h22-26H,5-21,29H2,1-4H3. The van der Waals surface area contributed by atoms with Gasteiger partial charge >= 0.3 is 0 Å². The summed E-state index contributed by atoms with van der Waals surface area (Å²) < 4.78 is 7.00. The highest BCUT2D eigenvalue weighted by molar-refractivity contribution is 5.04. The molecule has 4 fully saturated rings. The van der Waals surface area contributed by atoms with E-state index < -0.39 is 0 Å². The maximum atomic E-state index is 7.00. The van der Waals surface area contributed by atoms with Gasteiger partial charge < -0.3 is 10.5 Å². The molecular weight excluding hydrogens is 366 g/mol. The molecule has 0 saturated heterocycles. The molecule has 0 aliphatic heterocycles. The molecule has 0 aromatic carbocycles. The van der Waals surface area contributed by atoms with E-state index >= 15 is 0 Å². The molecule has 0 radical (unpaired) electrons. The van der Waals surface area contributed by atoms with Gasteiger partial charge in [-0.1, -0.05) is 71.1 Å². The molecule has 30 heavy (non-hydrogen) atoms. The second-order valence-electron chi connectivity index (χ2n) is 12.3. The van der Waals surface area contributed by atoms with Crippen molar-refractivity contribution in [2.45, 2.75) is 154 Å². The molecule has 176 valence electrons. The van der Waals surface area contributed by atoms with Crippen molar-refractivity contribution in [2.75, 3.05) is 0 Å². The van der Waals surface area contributed by atoms with Crippen molar-refractivity contribution >= 4 is 0 Å². The van der Waals surface area contributed by atoms with Crippen LogP contribution in [0.1, 0.15) is 137 Å². The second kappa shape index (κ2) is 11.2. The molecule has 0 spiro atoms. The Morgan fingerprint density at radius 1 is 0.800 bits per heavy atom. The minimum atomic E-state index is -0.152. The van der Waals surface area contributed by atoms with E-state index in [-0.39, 0.29) is 11.1 Å². The topological polar surface area (TPSA) is 35.2 Å². The Morgan fingerprint density at radius 2 is 1.23 bits per heavy atom. The lowest BCUT2D eigenvalue weighted by Gasteiger charge is -2.57. The molecule has 0 aromatic heterocycles. The summed E-state index contributed by atoms with van der Waals surface area (Å²) in [5.74, 6) is 3.33. The molecule has 0 amide bonds. The Bertz CT molecular complexity index is 458. The Hall–Kier alpha value is -0.0800. The number of unbranched alkanes of at least 4 members (excludes halogenated alkanes) is 9. The highest BCUT2D eigenvalue weighted by Gasteiger charge is 2.52. The zero-order chi connectivity index (χ0) is 21.6. The predicted molar refractivity (Wildman–Crippen MR) is 130 cm³/mol. The fourth-order valence-electron chi connectivity index (χ4n) is 7.72. The molecule has 2 nitrogen and oxygen atoms in total. The molecule has 0 heterocycles. The maximum Gasteiger partial charge on any atom is 0.0694 e. The van der Waals surface area contributed by atoms with Gasteiger partial charge in [-0.05, 0) is 83.5 Å². The van der Waals surface area contributed by atoms with E-state index in [2.05, 4.69) is 27.7 Å². The van der Waals surface area contributed by atoms with Gasteiger partial charge in [0.2, 0.25) is 0 Å². The van der Waals surface area contributed by atoms with Crippen LogP contribution in [0.25, 0.3) is 0 Å². The third-order valence-corrected chi connectivity index (χ3v) is 8.81. The molecule has 2 atom stereocenters. The minimum Gasteiger partial charge on any atom is -0.372 e. The van der Waals surface area contributed by atoms with Crippen LogP contribution >= 0.6 is 0 Å². The molecule has 0 aromatic rings. The van der Waals surface area contributed by atoms with Crippen LogP contribution in [-0.4, -0.2) is 17.2 Å². The minimum absolute atomic E-state index is 0.152. The van der Waals surface area contributed by atoms with Crippen molar-refractivity contribution in [3.05, 3.63) is 0 Å². The highest BCUT2D eigenvalue weighted by Crippen LogP contribution is 2.57. The monoisotopic (exact) mass is 419 g/mol. The van der Waals surface area contributed by atoms with Crippen molar-refractivity contribution in [2.24, 2.45) is 29.4 Å². The first-order chi connectivity index (χ1) is 14.3. The molecule has 2 N–H and O–H groups in total. The third-order valence-electron chi connectivity index (χ3n) is 8.81. The summed E-state index contributed by atoms with van der Waals surface area (Å²) in [6.45, 7) is 9.10. The van der Waals surface area contributed by atoms with Gasteiger partial charge in [0.25, 0.3) is 0 Å². The van der Waals surface area contributed by atoms with Crippen LogP contribution < -0.4 is 5.73 Å². The van der Waals surface area contributed by atoms with Crippen LogP contribution in [0.2, 0.25) is 0 Å². The summed E-state index contributed by atoms with van der Waals surface area (Å²) in [6.07, 6.45) is 24.0. The summed E-state index contributed by atoms with van der Waals surface area (Å²) in [7, 11) is 0. The normalized spacial score (nSPS) is 32.5. The second-order valence-corrected chi connectivity index (χ2v) is 12.3. The van der Waals surface area contributed by atoms with E-state index in [4.69, 9.17) is 10.5 Å². The largest absolute Gasteiger partial charge is 0.372 e. The zero-order valence-corrected chi connectivity index (χ0v) is 20.9. The van der Waals surface area contributed by atoms with Crippen LogP contribution in [0, 0.1) is 23.7 Å². The number of rotatable bonds is 15. The van der Waals surface area contributed by atoms with Crippen LogP contribution in [0.4, 0.5) is 0 Å². The van der Waals surface area contributed by atoms with Crippen LogP contribution in [-0.2, 0) is 4.74 Å². The smallest absolute Gasteiger partial charge is 0.0694 e. The van der Waals surface area contributed by atoms with Crippen molar-refractivity contribution in [1.29, 1.82) is 0 Å². The number of ether oxygens (including phenoxy) is 1. The van der Waals surface area contributed by atoms with E-state index in [0.29, 0.717) is 12.0 Å². The van der Waals surface area contributed by atoms with E-state index in [1.54, 1.807) is 0 Å². The Balaban J connectivity index is 1.38. The zero-order valence-electron chi connectivity index (χ0n) is 20.9. The molecule has 4 rings (SSSR count). The molecule has 2 heteroatoms. The van der Waals surface area contributed by atoms with Crippen molar-refractivity contribution in [3.63, 3.8) is 0 Å². The first-order valence-electron chi connectivity index (χ1n) is 13.8. The fraction of sp³-hybridized carbons (Fsp3) is 1.00. The summed E-state index contributed by atoms with van der Waals surface area (Å²) in [5, 5.41) is 0. The van der Waals surface area contributed by atoms with Crippen molar-refractivity contribution < 1.29 is 4.74 Å². The lowest BCUT2D eigenvalue weighted by atomic mass is 9.54. The first kappa shape index (κ1) is 24.6. The van der Waals surface area contributed by atoms with Gasteiger partial charge in [-0.15, -0.1) is 0 Å². The lowest BCUT2D eigenvalue weighted by molar-refractivity contribution is -0.198. The SMILES string of the molecule is CCCCCCCCCCCCC(C(C)OC12CC3CC(CC(C3)C1)C2)C(C)(C)N. The van der Waals surface area contributed by atoms with Gasteiger partial charge in [-0.2, -0.15) is 0 Å². The summed E-state index contributed by atoms with van der Waals surface area (Å²) in [4.78, 5) is 0. The van der Waals surface area contributed by atoms with Gasteiger partial charge in [-0.3, -0.25) is 0 Å². The van der Waals surface area contributed by atoms with Gasteiger partial charge in [0.1, 0.15) is 0 Å². The average molecular weight is 420 g/mol. The molecular formula is C28H53NO. The highest BCUT2D eigenvalue weighted by atomic mass is 16.5. The number of nitrogens with two attached hydrogens (primary N) is 1. The molecule has 4 aliphatic carbocycles. The fourth-order valence-corrected chi connectivity index (χ4v) is 7.72. The van der Waals surface area contributed by atoms with Crippen molar-refractivity contribution in [3.8, 4) is 0 Å². The van der Waals surface area contributed by atoms with Crippen LogP contribution in [0.3, 0.4) is 0 Å². The first-order valence-corrected chi connectivity index (χ1v) is 13.8. The molecule has 4 saturated carbocycles.